The molecule has 0 atom stereocenters. The number of anilines is 2. The molecule has 4 N–H and O–H groups in total. The quantitative estimate of drug-likeness (QED) is 0.558. The van der Waals surface area contributed by atoms with E-state index >= 15 is 0 Å². The summed E-state index contributed by atoms with van der Waals surface area (Å²) in [6, 6.07) is 5.20. The molecule has 6 heteroatoms. The largest absolute Gasteiger partial charge is 0.322 e. The van der Waals surface area contributed by atoms with Crippen LogP contribution in [0.4, 0.5) is 11.4 Å². The Morgan fingerprint density at radius 1 is 1.28 bits per heavy atom. The Morgan fingerprint density at radius 3 is 2.78 bits per heavy atom. The van der Waals surface area contributed by atoms with Gasteiger partial charge in [-0.05, 0) is 25.1 Å². The van der Waals surface area contributed by atoms with Crippen molar-refractivity contribution in [1.82, 2.24) is 9.97 Å². The molecule has 0 saturated heterocycles. The number of nitrogens with two attached hydrogens (primary N) is 1. The molecule has 2 heterocycles. The molecule has 0 unspecified atom stereocenters. The second kappa shape index (κ2) is 5.24. The van der Waals surface area contributed by atoms with Crippen LogP contribution in [0.15, 0.2) is 36.8 Å². The van der Waals surface area contributed by atoms with E-state index in [0.717, 1.165) is 5.69 Å². The van der Waals surface area contributed by atoms with Crippen LogP contribution in [0, 0.1) is 6.92 Å². The van der Waals surface area contributed by atoms with Gasteiger partial charge in [0.05, 0.1) is 29.3 Å². The second-order valence-corrected chi connectivity index (χ2v) is 3.71. The number of pyridine rings is 2. The molecule has 6 nitrogen and oxygen atoms in total. The van der Waals surface area contributed by atoms with Crippen LogP contribution in [0.5, 0.6) is 0 Å². The zero-order chi connectivity index (χ0) is 13.0. The fourth-order valence-corrected chi connectivity index (χ4v) is 1.45. The number of nitrogens with zero attached hydrogens (tertiary/aromatic N) is 2. The van der Waals surface area contributed by atoms with Gasteiger partial charge in [0.1, 0.15) is 0 Å². The summed E-state index contributed by atoms with van der Waals surface area (Å²) in [5.41, 5.74) is 4.84. The number of nitrogens with one attached hydrogen (secondary N) is 2. The van der Waals surface area contributed by atoms with E-state index in [1.165, 1.54) is 12.4 Å². The van der Waals surface area contributed by atoms with E-state index in [2.05, 4.69) is 20.7 Å². The second-order valence-electron chi connectivity index (χ2n) is 3.71. The van der Waals surface area contributed by atoms with Crippen LogP contribution in [0.2, 0.25) is 0 Å². The van der Waals surface area contributed by atoms with Crippen LogP contribution in [-0.2, 0) is 0 Å². The van der Waals surface area contributed by atoms with E-state index in [0.29, 0.717) is 16.9 Å². The van der Waals surface area contributed by atoms with Gasteiger partial charge in [0.25, 0.3) is 5.91 Å². The number of aromatic nitrogens is 2. The van der Waals surface area contributed by atoms with Crippen molar-refractivity contribution >= 4 is 17.3 Å². The number of carbonyl (C=O) groups is 1. The lowest BCUT2D eigenvalue weighted by Gasteiger charge is -2.08. The summed E-state index contributed by atoms with van der Waals surface area (Å²) in [6.07, 6.45) is 4.62. The first-order valence-corrected chi connectivity index (χ1v) is 5.35. The number of hydrogen-bond donors (Lipinski definition) is 3. The van der Waals surface area contributed by atoms with Crippen LogP contribution in [0.25, 0.3) is 0 Å². The van der Waals surface area contributed by atoms with Crippen molar-refractivity contribution < 1.29 is 4.79 Å². The standard InChI is InChI=1S/C12H13N5O/c1-8-2-3-9(6-15-8)16-12(18)10-4-5-14-7-11(10)17-13/h2-7,17H,13H2,1H3,(H,16,18). The molecule has 0 bridgehead atoms. The molecule has 2 aromatic heterocycles. The first-order valence-electron chi connectivity index (χ1n) is 5.35. The topological polar surface area (TPSA) is 92.9 Å². The lowest BCUT2D eigenvalue weighted by atomic mass is 10.2. The van der Waals surface area contributed by atoms with Gasteiger partial charge in [0.15, 0.2) is 0 Å². The molecule has 0 aliphatic carbocycles. The van der Waals surface area contributed by atoms with Crippen molar-refractivity contribution in [1.29, 1.82) is 0 Å². The average Bonchev–Trinajstić information content (AvgIpc) is 2.41. The highest BCUT2D eigenvalue weighted by molar-refractivity contribution is 6.07. The molecule has 0 spiro atoms. The summed E-state index contributed by atoms with van der Waals surface area (Å²) >= 11 is 0. The number of aryl methyl sites for hydroxylation is 1. The average molecular weight is 243 g/mol. The minimum absolute atomic E-state index is 0.268. The van der Waals surface area contributed by atoms with Gasteiger partial charge in [0, 0.05) is 11.9 Å². The Kier molecular flexibility index (Phi) is 3.49. The Morgan fingerprint density at radius 2 is 2.11 bits per heavy atom. The number of rotatable bonds is 3. The van der Waals surface area contributed by atoms with Crippen molar-refractivity contribution in [3.8, 4) is 0 Å². The number of carbonyl (C=O) groups excluding carboxylic acids is 1. The van der Waals surface area contributed by atoms with E-state index in [4.69, 9.17) is 5.84 Å². The first-order chi connectivity index (χ1) is 8.70. The van der Waals surface area contributed by atoms with Crippen molar-refractivity contribution in [2.45, 2.75) is 6.92 Å². The van der Waals surface area contributed by atoms with Crippen LogP contribution in [0.3, 0.4) is 0 Å². The van der Waals surface area contributed by atoms with Gasteiger partial charge in [-0.2, -0.15) is 0 Å². The number of amides is 1. The van der Waals surface area contributed by atoms with Gasteiger partial charge in [-0.3, -0.25) is 20.6 Å². The first kappa shape index (κ1) is 12.0. The molecule has 0 aromatic carbocycles. The summed E-state index contributed by atoms with van der Waals surface area (Å²) in [5, 5.41) is 2.74. The van der Waals surface area contributed by atoms with Crippen molar-refractivity contribution in [2.24, 2.45) is 5.84 Å². The van der Waals surface area contributed by atoms with Crippen LogP contribution < -0.4 is 16.6 Å². The Hall–Kier alpha value is -2.47. The van der Waals surface area contributed by atoms with E-state index in [9.17, 15) is 4.79 Å². The molecule has 0 radical (unpaired) electrons. The zero-order valence-electron chi connectivity index (χ0n) is 9.84. The van der Waals surface area contributed by atoms with Gasteiger partial charge < -0.3 is 10.7 Å². The predicted molar refractivity (Wildman–Crippen MR) is 69.0 cm³/mol. The summed E-state index contributed by atoms with van der Waals surface area (Å²) in [6.45, 7) is 1.88. The molecule has 2 rings (SSSR count). The third kappa shape index (κ3) is 2.61. The monoisotopic (exact) mass is 243 g/mol. The molecular formula is C12H13N5O. The lowest BCUT2D eigenvalue weighted by molar-refractivity contribution is 0.102. The van der Waals surface area contributed by atoms with E-state index in [1.54, 1.807) is 18.3 Å². The van der Waals surface area contributed by atoms with Crippen LogP contribution in [-0.4, -0.2) is 15.9 Å². The maximum absolute atomic E-state index is 12.0. The van der Waals surface area contributed by atoms with Gasteiger partial charge in [-0.15, -0.1) is 0 Å². The smallest absolute Gasteiger partial charge is 0.257 e. The third-order valence-electron chi connectivity index (χ3n) is 2.39. The van der Waals surface area contributed by atoms with Crippen LogP contribution in [0.1, 0.15) is 16.1 Å². The van der Waals surface area contributed by atoms with Crippen molar-refractivity contribution in [2.75, 3.05) is 10.7 Å². The maximum Gasteiger partial charge on any atom is 0.257 e. The minimum atomic E-state index is -0.268. The highest BCUT2D eigenvalue weighted by atomic mass is 16.1. The molecule has 1 amide bonds. The van der Waals surface area contributed by atoms with E-state index in [1.807, 2.05) is 13.0 Å². The fourth-order valence-electron chi connectivity index (χ4n) is 1.45. The van der Waals surface area contributed by atoms with Crippen molar-refractivity contribution in [3.63, 3.8) is 0 Å². The molecule has 92 valence electrons. The normalized spacial score (nSPS) is 9.89. The summed E-state index contributed by atoms with van der Waals surface area (Å²) in [5.74, 6) is 5.05. The Balaban J connectivity index is 2.19. The SMILES string of the molecule is Cc1ccc(NC(=O)c2ccncc2NN)cn1. The molecule has 0 saturated carbocycles. The van der Waals surface area contributed by atoms with Gasteiger partial charge in [-0.25, -0.2) is 0 Å². The van der Waals surface area contributed by atoms with Crippen LogP contribution >= 0.6 is 0 Å². The maximum atomic E-state index is 12.0. The number of hydrazine groups is 1. The number of hydrogen-bond acceptors (Lipinski definition) is 5. The Bertz CT molecular complexity index is 553. The van der Waals surface area contributed by atoms with E-state index < -0.39 is 0 Å². The van der Waals surface area contributed by atoms with E-state index in [-0.39, 0.29) is 5.91 Å². The van der Waals surface area contributed by atoms with Gasteiger partial charge in [-0.1, -0.05) is 0 Å². The molecule has 2 aromatic rings. The minimum Gasteiger partial charge on any atom is -0.322 e. The fraction of sp³-hybridized carbons (Fsp3) is 0.0833. The summed E-state index contributed by atoms with van der Waals surface area (Å²) < 4.78 is 0. The zero-order valence-corrected chi connectivity index (χ0v) is 9.84. The molecule has 0 aliphatic heterocycles. The lowest BCUT2D eigenvalue weighted by Crippen LogP contribution is -2.17. The highest BCUT2D eigenvalue weighted by Gasteiger charge is 2.10. The summed E-state index contributed by atoms with van der Waals surface area (Å²) in [7, 11) is 0. The molecule has 18 heavy (non-hydrogen) atoms. The predicted octanol–water partition coefficient (Wildman–Crippen LogP) is 1.32. The van der Waals surface area contributed by atoms with Gasteiger partial charge in [0.2, 0.25) is 0 Å². The Labute approximate surface area is 104 Å². The molecular weight excluding hydrogens is 230 g/mol. The summed E-state index contributed by atoms with van der Waals surface area (Å²) in [4.78, 5) is 20.0. The highest BCUT2D eigenvalue weighted by Crippen LogP contribution is 2.14. The van der Waals surface area contributed by atoms with Gasteiger partial charge >= 0.3 is 0 Å². The number of nitrogen functional groups attached to an aromatic ring is 1. The molecule has 0 fully saturated rings. The third-order valence-corrected chi connectivity index (χ3v) is 2.39. The van der Waals surface area contributed by atoms with Crippen molar-refractivity contribution in [3.05, 3.63) is 48.0 Å². The molecule has 0 aliphatic rings.